The van der Waals surface area contributed by atoms with Crippen molar-refractivity contribution in [1.29, 1.82) is 0 Å². The number of nitro groups is 1. The van der Waals surface area contributed by atoms with E-state index in [9.17, 15) is 10.1 Å². The summed E-state index contributed by atoms with van der Waals surface area (Å²) in [6.07, 6.45) is 5.31. The summed E-state index contributed by atoms with van der Waals surface area (Å²) in [5.41, 5.74) is -0.390. The van der Waals surface area contributed by atoms with Crippen molar-refractivity contribution in [1.82, 2.24) is 5.32 Å². The highest BCUT2D eigenvalue weighted by Gasteiger charge is 2.14. The number of terminal acetylenes is 1. The van der Waals surface area contributed by atoms with E-state index in [1.54, 1.807) is 6.07 Å². The van der Waals surface area contributed by atoms with Crippen molar-refractivity contribution in [2.45, 2.75) is 25.9 Å². The number of rotatable bonds is 4. The molecular formula is C10H12N2O2S. The smallest absolute Gasteiger partial charge is 0.297 e. The van der Waals surface area contributed by atoms with Gasteiger partial charge in [0.05, 0.1) is 10.5 Å². The first kappa shape index (κ1) is 11.7. The molecule has 1 rings (SSSR count). The molecule has 0 radical (unpaired) electrons. The van der Waals surface area contributed by atoms with Crippen LogP contribution in [0.2, 0.25) is 0 Å². The maximum Gasteiger partial charge on any atom is 0.324 e. The second kappa shape index (κ2) is 4.43. The summed E-state index contributed by atoms with van der Waals surface area (Å²) in [5.74, 6) is 2.60. The number of nitrogens with zero attached hydrogens (tertiary/aromatic N) is 1. The SMILES string of the molecule is C#CC(C)(C)NCc1ccc([N+](=O)[O-])s1. The molecule has 1 aromatic heterocycles. The normalized spacial score (nSPS) is 11.0. The van der Waals surface area contributed by atoms with Gasteiger partial charge in [-0.2, -0.15) is 0 Å². The van der Waals surface area contributed by atoms with E-state index in [0.717, 1.165) is 16.2 Å². The summed E-state index contributed by atoms with van der Waals surface area (Å²) in [6, 6.07) is 3.24. The van der Waals surface area contributed by atoms with Crippen molar-refractivity contribution in [3.63, 3.8) is 0 Å². The number of hydrogen-bond acceptors (Lipinski definition) is 4. The summed E-state index contributed by atoms with van der Waals surface area (Å²) >= 11 is 1.16. The quantitative estimate of drug-likeness (QED) is 0.484. The lowest BCUT2D eigenvalue weighted by Crippen LogP contribution is -2.36. The maximum absolute atomic E-state index is 10.4. The Labute approximate surface area is 92.5 Å². The number of hydrogen-bond donors (Lipinski definition) is 1. The zero-order chi connectivity index (χ0) is 11.5. The molecule has 0 bridgehead atoms. The first-order chi connectivity index (χ1) is 6.94. The summed E-state index contributed by atoms with van der Waals surface area (Å²) < 4.78 is 0. The summed E-state index contributed by atoms with van der Waals surface area (Å²) in [5, 5.41) is 13.7. The van der Waals surface area contributed by atoms with Crippen LogP contribution >= 0.6 is 11.3 Å². The minimum absolute atomic E-state index is 0.158. The Morgan fingerprint density at radius 1 is 1.67 bits per heavy atom. The third kappa shape index (κ3) is 3.35. The topological polar surface area (TPSA) is 55.2 Å². The molecule has 0 spiro atoms. The lowest BCUT2D eigenvalue weighted by atomic mass is 10.1. The van der Waals surface area contributed by atoms with Gasteiger partial charge in [0.2, 0.25) is 0 Å². The fourth-order valence-electron chi connectivity index (χ4n) is 0.919. The molecule has 0 fully saturated rings. The molecule has 80 valence electrons. The van der Waals surface area contributed by atoms with Crippen molar-refractivity contribution in [3.8, 4) is 12.3 Å². The van der Waals surface area contributed by atoms with Gasteiger partial charge in [-0.25, -0.2) is 0 Å². The monoisotopic (exact) mass is 224 g/mol. The van der Waals surface area contributed by atoms with Gasteiger partial charge in [-0.05, 0) is 19.9 Å². The van der Waals surface area contributed by atoms with E-state index in [0.29, 0.717) is 6.54 Å². The van der Waals surface area contributed by atoms with Crippen molar-refractivity contribution in [3.05, 3.63) is 27.1 Å². The van der Waals surface area contributed by atoms with Crippen molar-refractivity contribution in [2.24, 2.45) is 0 Å². The Morgan fingerprint density at radius 2 is 2.33 bits per heavy atom. The van der Waals surface area contributed by atoms with Crippen LogP contribution in [0.25, 0.3) is 0 Å². The fraction of sp³-hybridized carbons (Fsp3) is 0.400. The fourth-order valence-corrected chi connectivity index (χ4v) is 1.68. The van der Waals surface area contributed by atoms with Crippen LogP contribution in [0.3, 0.4) is 0 Å². The molecule has 0 aliphatic rings. The Morgan fingerprint density at radius 3 is 2.80 bits per heavy atom. The Bertz CT molecular complexity index is 404. The van der Waals surface area contributed by atoms with Gasteiger partial charge >= 0.3 is 5.00 Å². The van der Waals surface area contributed by atoms with E-state index >= 15 is 0 Å². The third-order valence-electron chi connectivity index (χ3n) is 1.89. The zero-order valence-corrected chi connectivity index (χ0v) is 9.43. The van der Waals surface area contributed by atoms with Crippen LogP contribution in [0.1, 0.15) is 18.7 Å². The minimum atomic E-state index is -0.390. The molecule has 0 aliphatic heterocycles. The molecule has 1 aromatic rings. The third-order valence-corrected chi connectivity index (χ3v) is 2.93. The van der Waals surface area contributed by atoms with Gasteiger partial charge < -0.3 is 0 Å². The van der Waals surface area contributed by atoms with Crippen molar-refractivity contribution < 1.29 is 4.92 Å². The number of thiophene rings is 1. The second-order valence-corrected chi connectivity index (χ2v) is 4.77. The molecule has 0 unspecified atom stereocenters. The molecule has 0 saturated carbocycles. The zero-order valence-electron chi connectivity index (χ0n) is 8.61. The predicted molar refractivity (Wildman–Crippen MR) is 60.7 cm³/mol. The highest BCUT2D eigenvalue weighted by atomic mass is 32.1. The Balaban J connectivity index is 2.60. The maximum atomic E-state index is 10.4. The van der Waals surface area contributed by atoms with Gasteiger partial charge in [0, 0.05) is 17.5 Å². The highest BCUT2D eigenvalue weighted by molar-refractivity contribution is 7.15. The van der Waals surface area contributed by atoms with E-state index in [1.807, 2.05) is 13.8 Å². The van der Waals surface area contributed by atoms with Crippen LogP contribution in [-0.4, -0.2) is 10.5 Å². The predicted octanol–water partition coefficient (Wildman–Crippen LogP) is 2.16. The Kier molecular flexibility index (Phi) is 3.45. The molecule has 0 amide bonds. The molecule has 1 N–H and O–H groups in total. The average molecular weight is 224 g/mol. The van der Waals surface area contributed by atoms with Crippen LogP contribution < -0.4 is 5.32 Å². The van der Waals surface area contributed by atoms with Crippen LogP contribution in [0.15, 0.2) is 12.1 Å². The van der Waals surface area contributed by atoms with E-state index < -0.39 is 5.54 Å². The van der Waals surface area contributed by atoms with E-state index in [4.69, 9.17) is 6.42 Å². The van der Waals surface area contributed by atoms with Crippen molar-refractivity contribution >= 4 is 16.3 Å². The summed E-state index contributed by atoms with van der Waals surface area (Å²) in [7, 11) is 0. The standard InChI is InChI=1S/C10H12N2O2S/c1-4-10(2,3)11-7-8-5-6-9(15-8)12(13)14/h1,5-6,11H,7H2,2-3H3. The largest absolute Gasteiger partial charge is 0.324 e. The molecule has 0 atom stereocenters. The molecule has 5 heteroatoms. The van der Waals surface area contributed by atoms with Crippen LogP contribution in [0, 0.1) is 22.5 Å². The molecule has 0 aliphatic carbocycles. The molecule has 4 nitrogen and oxygen atoms in total. The molecular weight excluding hydrogens is 212 g/mol. The molecule has 1 heterocycles. The molecule has 0 saturated heterocycles. The second-order valence-electron chi connectivity index (χ2n) is 3.62. The molecule has 0 aromatic carbocycles. The first-order valence-electron chi connectivity index (χ1n) is 4.40. The van der Waals surface area contributed by atoms with E-state index in [-0.39, 0.29) is 9.92 Å². The average Bonchev–Trinajstić information content (AvgIpc) is 2.63. The molecule has 15 heavy (non-hydrogen) atoms. The minimum Gasteiger partial charge on any atom is -0.297 e. The van der Waals surface area contributed by atoms with Crippen LogP contribution in [-0.2, 0) is 6.54 Å². The van der Waals surface area contributed by atoms with Gasteiger partial charge in [0.15, 0.2) is 0 Å². The van der Waals surface area contributed by atoms with Crippen LogP contribution in [0.5, 0.6) is 0 Å². The summed E-state index contributed by atoms with van der Waals surface area (Å²) in [4.78, 5) is 11.0. The number of nitrogens with one attached hydrogen (secondary N) is 1. The van der Waals surface area contributed by atoms with Gasteiger partial charge in [-0.1, -0.05) is 17.3 Å². The highest BCUT2D eigenvalue weighted by Crippen LogP contribution is 2.24. The van der Waals surface area contributed by atoms with Gasteiger partial charge in [0.25, 0.3) is 0 Å². The van der Waals surface area contributed by atoms with E-state index in [2.05, 4.69) is 11.2 Å². The Hall–Kier alpha value is -1.38. The van der Waals surface area contributed by atoms with Gasteiger partial charge in [-0.3, -0.25) is 15.4 Å². The first-order valence-corrected chi connectivity index (χ1v) is 5.22. The van der Waals surface area contributed by atoms with Crippen molar-refractivity contribution in [2.75, 3.05) is 0 Å². The van der Waals surface area contributed by atoms with E-state index in [1.165, 1.54) is 6.07 Å². The lowest BCUT2D eigenvalue weighted by Gasteiger charge is -2.18. The van der Waals surface area contributed by atoms with Gasteiger partial charge in [-0.15, -0.1) is 6.42 Å². The summed E-state index contributed by atoms with van der Waals surface area (Å²) in [6.45, 7) is 4.32. The lowest BCUT2D eigenvalue weighted by molar-refractivity contribution is -0.380. The van der Waals surface area contributed by atoms with Crippen LogP contribution in [0.4, 0.5) is 5.00 Å². The van der Waals surface area contributed by atoms with Gasteiger partial charge in [0.1, 0.15) is 0 Å².